The normalized spacial score (nSPS) is 22.9. The monoisotopic (exact) mass is 562 g/mol. The zero-order valence-corrected chi connectivity index (χ0v) is 19.8. The van der Waals surface area contributed by atoms with Gasteiger partial charge in [-0.25, -0.2) is 0 Å². The lowest BCUT2D eigenvalue weighted by Crippen LogP contribution is -2.47. The van der Waals surface area contributed by atoms with Crippen molar-refractivity contribution in [3.8, 4) is 0 Å². The van der Waals surface area contributed by atoms with E-state index in [1.807, 2.05) is 30.3 Å². The predicted octanol–water partition coefficient (Wildman–Crippen LogP) is 4.21. The molecule has 0 saturated carbocycles. The number of hydrogen-bond donors (Lipinski definition) is 1. The predicted molar refractivity (Wildman–Crippen MR) is 129 cm³/mol. The molecular weight excluding hydrogens is 543 g/mol. The molecule has 164 valence electrons. The van der Waals surface area contributed by atoms with Crippen molar-refractivity contribution in [1.82, 2.24) is 9.80 Å². The summed E-state index contributed by atoms with van der Waals surface area (Å²) in [6, 6.07) is 14.5. The number of carbonyl (C=O) groups excluding carboxylic acids is 2. The third-order valence-electron chi connectivity index (χ3n) is 5.60. The number of halogens is 2. The minimum atomic E-state index is -1.13. The van der Waals surface area contributed by atoms with E-state index in [-0.39, 0.29) is 12.5 Å². The lowest BCUT2D eigenvalue weighted by Gasteiger charge is -2.32. The molecule has 0 bridgehead atoms. The second-order valence-electron chi connectivity index (χ2n) is 7.69. The second-order valence-corrected chi connectivity index (χ2v) is 9.37. The van der Waals surface area contributed by atoms with Crippen molar-refractivity contribution in [2.24, 2.45) is 5.92 Å². The molecule has 3 atom stereocenters. The standard InChI is InChI=1S/C24H20ClIN2O4/c25-17-8-6-16(7-9-17)22-24(32)27(14-21(29)30)20-11-10-18(26)12-19(20)23(31)28(22)13-15-4-2-1-3-5-15/h1-12,19-20,22H,13-14H2,(H,29,30). The van der Waals surface area contributed by atoms with Crippen molar-refractivity contribution in [3.05, 3.63) is 92.6 Å². The Bertz CT molecular complexity index is 1100. The molecule has 0 spiro atoms. The summed E-state index contributed by atoms with van der Waals surface area (Å²) < 4.78 is 0.865. The maximum Gasteiger partial charge on any atom is 0.323 e. The summed E-state index contributed by atoms with van der Waals surface area (Å²) in [5, 5.41) is 10.0. The van der Waals surface area contributed by atoms with Gasteiger partial charge in [0.15, 0.2) is 0 Å². The minimum absolute atomic E-state index is 0.219. The largest absolute Gasteiger partial charge is 0.480 e. The van der Waals surface area contributed by atoms with E-state index in [0.717, 1.165) is 9.14 Å². The number of nitrogens with zero attached hydrogens (tertiary/aromatic N) is 2. The zero-order valence-electron chi connectivity index (χ0n) is 16.9. The number of carboxylic acid groups (broad SMARTS) is 1. The molecule has 2 aromatic rings. The van der Waals surface area contributed by atoms with Gasteiger partial charge in [0, 0.05) is 15.1 Å². The van der Waals surface area contributed by atoms with Crippen LogP contribution in [0.15, 0.2) is 76.4 Å². The van der Waals surface area contributed by atoms with Gasteiger partial charge in [0.2, 0.25) is 5.91 Å². The van der Waals surface area contributed by atoms with Crippen molar-refractivity contribution >= 4 is 52.0 Å². The van der Waals surface area contributed by atoms with Crippen LogP contribution in [-0.2, 0) is 20.9 Å². The van der Waals surface area contributed by atoms with Gasteiger partial charge in [-0.2, -0.15) is 0 Å². The molecule has 2 aromatic carbocycles. The van der Waals surface area contributed by atoms with Crippen LogP contribution >= 0.6 is 34.2 Å². The maximum atomic E-state index is 13.8. The number of aliphatic carboxylic acids is 1. The molecule has 6 nitrogen and oxygen atoms in total. The molecule has 2 aliphatic rings. The molecular formula is C24H20ClIN2O4. The highest BCUT2D eigenvalue weighted by Gasteiger charge is 2.47. The van der Waals surface area contributed by atoms with Crippen molar-refractivity contribution in [2.75, 3.05) is 6.54 Å². The van der Waals surface area contributed by atoms with Crippen molar-refractivity contribution < 1.29 is 19.5 Å². The van der Waals surface area contributed by atoms with Crippen LogP contribution in [0.4, 0.5) is 0 Å². The van der Waals surface area contributed by atoms with Crippen LogP contribution in [0.3, 0.4) is 0 Å². The molecule has 3 unspecified atom stereocenters. The summed E-state index contributed by atoms with van der Waals surface area (Å²) >= 11 is 8.18. The molecule has 1 N–H and O–H groups in total. The first-order valence-corrected chi connectivity index (χ1v) is 11.5. The highest BCUT2D eigenvalue weighted by Crippen LogP contribution is 2.37. The SMILES string of the molecule is O=C(O)CN1C(=O)C(c2ccc(Cl)cc2)N(Cc2ccccc2)C(=O)C2C=C(I)C=CC21. The lowest BCUT2D eigenvalue weighted by atomic mass is 9.92. The third kappa shape index (κ3) is 4.59. The highest BCUT2D eigenvalue weighted by atomic mass is 127. The number of benzene rings is 2. The van der Waals surface area contributed by atoms with Crippen molar-refractivity contribution in [2.45, 2.75) is 18.6 Å². The average Bonchev–Trinajstić information content (AvgIpc) is 2.85. The van der Waals surface area contributed by atoms with Gasteiger partial charge in [0.05, 0.1) is 12.0 Å². The Morgan fingerprint density at radius 2 is 1.69 bits per heavy atom. The van der Waals surface area contributed by atoms with Crippen LogP contribution < -0.4 is 0 Å². The molecule has 4 rings (SSSR count). The Morgan fingerprint density at radius 3 is 2.34 bits per heavy atom. The smallest absolute Gasteiger partial charge is 0.323 e. The number of amides is 2. The van der Waals surface area contributed by atoms with Gasteiger partial charge in [-0.05, 0) is 45.9 Å². The van der Waals surface area contributed by atoms with E-state index in [1.165, 1.54) is 4.90 Å². The van der Waals surface area contributed by atoms with Crippen LogP contribution in [0.25, 0.3) is 0 Å². The molecule has 0 radical (unpaired) electrons. The maximum absolute atomic E-state index is 13.8. The molecule has 1 fully saturated rings. The van der Waals surface area contributed by atoms with Crippen molar-refractivity contribution in [3.63, 3.8) is 0 Å². The number of allylic oxidation sites excluding steroid dienone is 2. The molecule has 1 aliphatic heterocycles. The van der Waals surface area contributed by atoms with Crippen LogP contribution in [0.2, 0.25) is 5.02 Å². The number of carbonyl (C=O) groups is 3. The van der Waals surface area contributed by atoms with Crippen LogP contribution in [-0.4, -0.2) is 45.3 Å². The van der Waals surface area contributed by atoms with E-state index >= 15 is 0 Å². The van der Waals surface area contributed by atoms with Gasteiger partial charge in [-0.1, -0.05) is 72.3 Å². The fraction of sp³-hybridized carbons (Fsp3) is 0.208. The first kappa shape index (κ1) is 22.5. The number of fused-ring (bicyclic) bond motifs is 1. The van der Waals surface area contributed by atoms with E-state index in [2.05, 4.69) is 22.6 Å². The van der Waals surface area contributed by atoms with Crippen LogP contribution in [0.1, 0.15) is 17.2 Å². The summed E-state index contributed by atoms with van der Waals surface area (Å²) in [4.78, 5) is 42.2. The molecule has 1 heterocycles. The van der Waals surface area contributed by atoms with E-state index in [1.54, 1.807) is 47.4 Å². The van der Waals surface area contributed by atoms with Crippen LogP contribution in [0.5, 0.6) is 0 Å². The van der Waals surface area contributed by atoms with E-state index < -0.39 is 36.4 Å². The molecule has 1 aliphatic carbocycles. The van der Waals surface area contributed by atoms with E-state index in [9.17, 15) is 19.5 Å². The first-order valence-electron chi connectivity index (χ1n) is 10.0. The fourth-order valence-corrected chi connectivity index (χ4v) is 4.87. The Balaban J connectivity index is 1.86. The molecule has 1 saturated heterocycles. The lowest BCUT2D eigenvalue weighted by molar-refractivity contribution is -0.148. The van der Waals surface area contributed by atoms with E-state index in [4.69, 9.17) is 11.6 Å². The van der Waals surface area contributed by atoms with Gasteiger partial charge >= 0.3 is 5.97 Å². The van der Waals surface area contributed by atoms with Crippen LogP contribution in [0, 0.1) is 5.92 Å². The molecule has 2 amide bonds. The zero-order chi connectivity index (χ0) is 22.8. The Morgan fingerprint density at radius 1 is 1.00 bits per heavy atom. The minimum Gasteiger partial charge on any atom is -0.480 e. The summed E-state index contributed by atoms with van der Waals surface area (Å²) in [7, 11) is 0. The summed E-state index contributed by atoms with van der Waals surface area (Å²) in [5.74, 6) is -2.45. The molecule has 0 aromatic heterocycles. The number of carboxylic acids is 1. The Hall–Kier alpha value is -2.65. The van der Waals surface area contributed by atoms with Gasteiger partial charge in [-0.15, -0.1) is 0 Å². The number of rotatable bonds is 5. The molecule has 8 heteroatoms. The number of hydrogen-bond acceptors (Lipinski definition) is 3. The third-order valence-corrected chi connectivity index (χ3v) is 6.57. The highest BCUT2D eigenvalue weighted by molar-refractivity contribution is 14.1. The first-order chi connectivity index (χ1) is 15.3. The Kier molecular flexibility index (Phi) is 6.66. The summed E-state index contributed by atoms with van der Waals surface area (Å²) in [5.41, 5.74) is 1.46. The van der Waals surface area contributed by atoms with E-state index in [0.29, 0.717) is 10.6 Å². The van der Waals surface area contributed by atoms with Gasteiger partial charge in [0.25, 0.3) is 5.91 Å². The fourth-order valence-electron chi connectivity index (χ4n) is 4.15. The quantitative estimate of drug-likeness (QED) is 0.554. The average molecular weight is 563 g/mol. The van der Waals surface area contributed by atoms with Gasteiger partial charge in [0.1, 0.15) is 12.6 Å². The summed E-state index contributed by atoms with van der Waals surface area (Å²) in [6.07, 6.45) is 5.36. The second kappa shape index (κ2) is 9.46. The van der Waals surface area contributed by atoms with Gasteiger partial charge in [-0.3, -0.25) is 14.4 Å². The Labute approximate surface area is 204 Å². The summed E-state index contributed by atoms with van der Waals surface area (Å²) in [6.45, 7) is -0.276. The molecule has 32 heavy (non-hydrogen) atoms. The van der Waals surface area contributed by atoms with Crippen molar-refractivity contribution in [1.29, 1.82) is 0 Å². The topological polar surface area (TPSA) is 77.9 Å². The van der Waals surface area contributed by atoms with Gasteiger partial charge < -0.3 is 14.9 Å².